The minimum Gasteiger partial charge on any atom is -0.411 e. The SMILES string of the molecule is Cc1nn2c(NC(=O)CSc3nnc(-c4ccncc4)o3)csc2nc1=O. The molecule has 0 spiro atoms. The van der Waals surface area contributed by atoms with Gasteiger partial charge < -0.3 is 9.73 Å². The summed E-state index contributed by atoms with van der Waals surface area (Å²) >= 11 is 2.33. The first kappa shape index (κ1) is 17.3. The molecule has 0 saturated heterocycles. The lowest BCUT2D eigenvalue weighted by molar-refractivity contribution is -0.113. The Morgan fingerprint density at radius 1 is 1.33 bits per heavy atom. The van der Waals surface area contributed by atoms with E-state index in [1.165, 1.54) is 15.9 Å². The standard InChI is InChI=1S/C15H11N7O3S2/c1-8-12(24)18-14-22(21-8)10(6-26-14)17-11(23)7-27-15-20-19-13(25-15)9-2-4-16-5-3-9/h2-6H,7H2,1H3,(H,17,23). The van der Waals surface area contributed by atoms with Gasteiger partial charge >= 0.3 is 0 Å². The Bertz CT molecular complexity index is 1170. The molecule has 0 saturated carbocycles. The highest BCUT2D eigenvalue weighted by Gasteiger charge is 2.14. The molecule has 1 N–H and O–H groups in total. The van der Waals surface area contributed by atoms with Gasteiger partial charge in [0.2, 0.25) is 16.8 Å². The maximum atomic E-state index is 12.2. The molecule has 0 aromatic carbocycles. The first-order valence-electron chi connectivity index (χ1n) is 7.62. The van der Waals surface area contributed by atoms with Gasteiger partial charge in [-0.05, 0) is 19.1 Å². The van der Waals surface area contributed by atoms with Crippen LogP contribution in [0.25, 0.3) is 16.4 Å². The highest BCUT2D eigenvalue weighted by molar-refractivity contribution is 7.99. The van der Waals surface area contributed by atoms with Crippen LogP contribution in [0.5, 0.6) is 0 Å². The van der Waals surface area contributed by atoms with E-state index in [0.29, 0.717) is 16.7 Å². The number of fused-ring (bicyclic) bond motifs is 1. The van der Waals surface area contributed by atoms with Crippen LogP contribution in [0.4, 0.5) is 5.82 Å². The summed E-state index contributed by atoms with van der Waals surface area (Å²) in [4.78, 5) is 32.0. The van der Waals surface area contributed by atoms with Crippen molar-refractivity contribution in [3.63, 3.8) is 0 Å². The van der Waals surface area contributed by atoms with Gasteiger partial charge in [0.1, 0.15) is 11.5 Å². The largest absolute Gasteiger partial charge is 0.411 e. The lowest BCUT2D eigenvalue weighted by Crippen LogP contribution is -2.19. The predicted molar refractivity (Wildman–Crippen MR) is 98.8 cm³/mol. The van der Waals surface area contributed by atoms with Crippen molar-refractivity contribution in [2.24, 2.45) is 0 Å². The van der Waals surface area contributed by atoms with Gasteiger partial charge in [0.05, 0.1) is 5.75 Å². The number of thiazole rings is 1. The molecule has 0 radical (unpaired) electrons. The van der Waals surface area contributed by atoms with E-state index in [1.54, 1.807) is 36.8 Å². The van der Waals surface area contributed by atoms with Crippen LogP contribution in [-0.4, -0.2) is 41.4 Å². The number of anilines is 1. The Balaban J connectivity index is 1.41. The van der Waals surface area contributed by atoms with Crippen LogP contribution in [-0.2, 0) is 4.79 Å². The molecule has 10 nitrogen and oxygen atoms in total. The number of aryl methyl sites for hydroxylation is 1. The molecule has 0 atom stereocenters. The zero-order valence-corrected chi connectivity index (χ0v) is 15.5. The summed E-state index contributed by atoms with van der Waals surface area (Å²) in [6.07, 6.45) is 3.26. The Hall–Kier alpha value is -3.12. The number of pyridine rings is 1. The fourth-order valence-corrected chi connectivity index (χ4v) is 3.42. The minimum absolute atomic E-state index is 0.0714. The van der Waals surface area contributed by atoms with Gasteiger partial charge in [0.15, 0.2) is 0 Å². The van der Waals surface area contributed by atoms with Gasteiger partial charge in [-0.2, -0.15) is 14.6 Å². The maximum Gasteiger partial charge on any atom is 0.295 e. The third-order valence-corrected chi connectivity index (χ3v) is 5.00. The first-order valence-corrected chi connectivity index (χ1v) is 9.48. The third kappa shape index (κ3) is 3.71. The molecule has 4 rings (SSSR count). The highest BCUT2D eigenvalue weighted by atomic mass is 32.2. The number of amides is 1. The molecule has 0 bridgehead atoms. The number of nitrogens with zero attached hydrogens (tertiary/aromatic N) is 6. The number of hydrogen-bond donors (Lipinski definition) is 1. The quantitative estimate of drug-likeness (QED) is 0.496. The van der Waals surface area contributed by atoms with Crippen molar-refractivity contribution in [2.45, 2.75) is 12.1 Å². The monoisotopic (exact) mass is 401 g/mol. The van der Waals surface area contributed by atoms with Gasteiger partial charge in [-0.15, -0.1) is 21.5 Å². The number of carbonyl (C=O) groups is 1. The molecule has 0 unspecified atom stereocenters. The molecule has 4 aromatic rings. The van der Waals surface area contributed by atoms with Gasteiger partial charge in [0.25, 0.3) is 10.8 Å². The topological polar surface area (TPSA) is 128 Å². The van der Waals surface area contributed by atoms with Crippen molar-refractivity contribution in [2.75, 3.05) is 11.1 Å². The third-order valence-electron chi connectivity index (χ3n) is 3.37. The van der Waals surface area contributed by atoms with Crippen LogP contribution in [0.2, 0.25) is 0 Å². The Labute approximate surface area is 159 Å². The Kier molecular flexibility index (Phi) is 4.64. The van der Waals surface area contributed by atoms with Crippen molar-refractivity contribution in [3.05, 3.63) is 46.0 Å². The smallest absolute Gasteiger partial charge is 0.295 e. The van der Waals surface area contributed by atoms with Crippen LogP contribution in [0.1, 0.15) is 5.69 Å². The van der Waals surface area contributed by atoms with Gasteiger partial charge in [0, 0.05) is 23.3 Å². The molecule has 136 valence electrons. The summed E-state index contributed by atoms with van der Waals surface area (Å²) < 4.78 is 6.96. The molecule has 1 amide bonds. The number of thioether (sulfide) groups is 1. The van der Waals surface area contributed by atoms with Gasteiger partial charge in [-0.1, -0.05) is 11.8 Å². The molecule has 27 heavy (non-hydrogen) atoms. The normalized spacial score (nSPS) is 11.0. The molecule has 4 aromatic heterocycles. The molecule has 0 aliphatic heterocycles. The minimum atomic E-state index is -0.383. The second kappa shape index (κ2) is 7.25. The van der Waals surface area contributed by atoms with E-state index in [9.17, 15) is 9.59 Å². The molecule has 0 aliphatic rings. The van der Waals surface area contributed by atoms with Gasteiger partial charge in [-0.25, -0.2) is 0 Å². The lowest BCUT2D eigenvalue weighted by Gasteiger charge is -2.03. The Morgan fingerprint density at radius 2 is 2.15 bits per heavy atom. The summed E-state index contributed by atoms with van der Waals surface area (Å²) in [5, 5.41) is 16.7. The maximum absolute atomic E-state index is 12.2. The van der Waals surface area contributed by atoms with E-state index in [2.05, 4.69) is 30.6 Å². The van der Waals surface area contributed by atoms with E-state index in [1.807, 2.05) is 0 Å². The number of carbonyl (C=O) groups excluding carboxylic acids is 1. The summed E-state index contributed by atoms with van der Waals surface area (Å²) in [5.41, 5.74) is 0.624. The summed E-state index contributed by atoms with van der Waals surface area (Å²) in [6, 6.07) is 3.51. The van der Waals surface area contributed by atoms with Crippen molar-refractivity contribution >= 4 is 39.8 Å². The summed E-state index contributed by atoms with van der Waals surface area (Å²) in [7, 11) is 0. The second-order valence-corrected chi connectivity index (χ2v) is 7.03. The fourth-order valence-electron chi connectivity index (χ4n) is 2.11. The summed E-state index contributed by atoms with van der Waals surface area (Å²) in [6.45, 7) is 1.57. The van der Waals surface area contributed by atoms with Crippen LogP contribution in [0.15, 0.2) is 44.3 Å². The van der Waals surface area contributed by atoms with Gasteiger partial charge in [-0.3, -0.25) is 14.6 Å². The molecule has 12 heteroatoms. The van der Waals surface area contributed by atoms with Crippen molar-refractivity contribution < 1.29 is 9.21 Å². The lowest BCUT2D eigenvalue weighted by atomic mass is 10.3. The van der Waals surface area contributed by atoms with E-state index in [4.69, 9.17) is 4.42 Å². The second-order valence-electron chi connectivity index (χ2n) is 5.26. The first-order chi connectivity index (χ1) is 13.1. The van der Waals surface area contributed by atoms with E-state index in [-0.39, 0.29) is 28.1 Å². The van der Waals surface area contributed by atoms with E-state index >= 15 is 0 Å². The molecule has 4 heterocycles. The van der Waals surface area contributed by atoms with E-state index < -0.39 is 0 Å². The molecular formula is C15H11N7O3S2. The molecule has 0 fully saturated rings. The molecular weight excluding hydrogens is 390 g/mol. The average molecular weight is 401 g/mol. The number of nitrogens with one attached hydrogen (secondary N) is 1. The summed E-state index contributed by atoms with van der Waals surface area (Å²) in [5.74, 6) is 0.599. The van der Waals surface area contributed by atoms with Crippen molar-refractivity contribution in [1.82, 2.24) is 29.8 Å². The fraction of sp³-hybridized carbons (Fsp3) is 0.133. The zero-order valence-electron chi connectivity index (χ0n) is 13.8. The highest BCUT2D eigenvalue weighted by Crippen LogP contribution is 2.23. The number of rotatable bonds is 5. The van der Waals surface area contributed by atoms with Crippen LogP contribution in [0.3, 0.4) is 0 Å². The number of aromatic nitrogens is 6. The van der Waals surface area contributed by atoms with Crippen molar-refractivity contribution in [1.29, 1.82) is 0 Å². The Morgan fingerprint density at radius 3 is 2.96 bits per heavy atom. The average Bonchev–Trinajstić information content (AvgIpc) is 3.29. The number of hydrogen-bond acceptors (Lipinski definition) is 10. The van der Waals surface area contributed by atoms with E-state index in [0.717, 1.165) is 17.3 Å². The van der Waals surface area contributed by atoms with Crippen LogP contribution >= 0.6 is 23.1 Å². The molecule has 0 aliphatic carbocycles. The van der Waals surface area contributed by atoms with Crippen LogP contribution < -0.4 is 10.9 Å². The van der Waals surface area contributed by atoms with Crippen LogP contribution in [0, 0.1) is 6.92 Å². The zero-order chi connectivity index (χ0) is 18.8. The van der Waals surface area contributed by atoms with Crippen molar-refractivity contribution in [3.8, 4) is 11.5 Å². The predicted octanol–water partition coefficient (Wildman–Crippen LogP) is 1.64.